The molecule has 0 aromatic heterocycles. The highest BCUT2D eigenvalue weighted by Gasteiger charge is 1.99. The molecule has 0 aliphatic heterocycles. The van der Waals surface area contributed by atoms with Crippen LogP contribution in [0.5, 0.6) is 0 Å². The van der Waals surface area contributed by atoms with Crippen molar-refractivity contribution in [3.63, 3.8) is 0 Å². The average Bonchev–Trinajstić information content (AvgIpc) is 2.10. The number of rotatable bonds is 2. The molecule has 0 bridgehead atoms. The summed E-state index contributed by atoms with van der Waals surface area (Å²) in [6, 6.07) is 5.44. The van der Waals surface area contributed by atoms with Crippen LogP contribution in [0.3, 0.4) is 0 Å². The van der Waals surface area contributed by atoms with E-state index in [0.717, 1.165) is 5.56 Å². The fourth-order valence-electron chi connectivity index (χ4n) is 0.971. The zero-order valence-electron chi connectivity index (χ0n) is 8.37. The maximum atomic E-state index is 8.74. The molecular weight excluding hydrogens is 236 g/mol. The van der Waals surface area contributed by atoms with Crippen LogP contribution in [-0.2, 0) is 16.8 Å². The summed E-state index contributed by atoms with van der Waals surface area (Å²) in [5.74, 6) is 0. The van der Waals surface area contributed by atoms with Crippen molar-refractivity contribution in [2.24, 2.45) is 0 Å². The van der Waals surface area contributed by atoms with Crippen LogP contribution in [0.4, 0.5) is 11.4 Å². The second-order valence-electron chi connectivity index (χ2n) is 2.84. The predicted octanol–water partition coefficient (Wildman–Crippen LogP) is -0.267. The van der Waals surface area contributed by atoms with Gasteiger partial charge in [-0.1, -0.05) is 12.1 Å². The molecule has 1 aromatic carbocycles. The molecule has 7 N–H and O–H groups in total. The van der Waals surface area contributed by atoms with Gasteiger partial charge in [-0.05, 0) is 18.1 Å². The molecule has 8 heteroatoms. The van der Waals surface area contributed by atoms with E-state index in [1.165, 1.54) is 0 Å². The predicted molar refractivity (Wildman–Crippen MR) is 60.2 cm³/mol. The number of hydrogen-bond donors (Lipinski definition) is 5. The molecule has 0 unspecified atom stereocenters. The van der Waals surface area contributed by atoms with Gasteiger partial charge < -0.3 is 16.6 Å². The molecule has 0 spiro atoms. The maximum absolute atomic E-state index is 8.74. The highest BCUT2D eigenvalue weighted by Crippen LogP contribution is 2.19. The van der Waals surface area contributed by atoms with E-state index in [1.54, 1.807) is 6.07 Å². The van der Waals surface area contributed by atoms with Gasteiger partial charge in [0.25, 0.3) is 0 Å². The summed E-state index contributed by atoms with van der Waals surface area (Å²) in [4.78, 5) is 0. The smallest absolute Gasteiger partial charge is 0.394 e. The van der Waals surface area contributed by atoms with Crippen molar-refractivity contribution in [3.8, 4) is 0 Å². The lowest BCUT2D eigenvalue weighted by molar-refractivity contribution is 0.300. The second kappa shape index (κ2) is 6.28. The summed E-state index contributed by atoms with van der Waals surface area (Å²) < 4.78 is 31.6. The van der Waals surface area contributed by atoms with Crippen molar-refractivity contribution in [2.75, 3.05) is 18.1 Å². The van der Waals surface area contributed by atoms with Gasteiger partial charge in [0.15, 0.2) is 0 Å². The third-order valence-corrected chi connectivity index (χ3v) is 1.61. The number of benzene rings is 1. The fraction of sp³-hybridized carbons (Fsp3) is 0.250. The summed E-state index contributed by atoms with van der Waals surface area (Å²) >= 11 is 0. The molecule has 1 rings (SSSR count). The van der Waals surface area contributed by atoms with Gasteiger partial charge in [-0.15, -0.1) is 0 Å². The van der Waals surface area contributed by atoms with Crippen molar-refractivity contribution in [3.05, 3.63) is 23.8 Å². The summed E-state index contributed by atoms with van der Waals surface area (Å²) in [5, 5.41) is 8.64. The summed E-state index contributed by atoms with van der Waals surface area (Å²) in [5.41, 5.74) is 13.3. The molecule has 0 fully saturated rings. The van der Waals surface area contributed by atoms with Crippen molar-refractivity contribution in [2.45, 2.75) is 6.42 Å². The lowest BCUT2D eigenvalue weighted by atomic mass is 10.1. The van der Waals surface area contributed by atoms with Crippen LogP contribution in [0.1, 0.15) is 5.56 Å². The minimum Gasteiger partial charge on any atom is -0.397 e. The van der Waals surface area contributed by atoms with E-state index in [0.29, 0.717) is 17.8 Å². The lowest BCUT2D eigenvalue weighted by Crippen LogP contribution is -2.01. The first-order chi connectivity index (χ1) is 7.25. The Hall–Kier alpha value is -1.35. The maximum Gasteiger partial charge on any atom is 0.394 e. The molecule has 0 saturated carbocycles. The van der Waals surface area contributed by atoms with E-state index in [-0.39, 0.29) is 6.61 Å². The summed E-state index contributed by atoms with van der Waals surface area (Å²) in [7, 11) is -4.67. The van der Waals surface area contributed by atoms with Gasteiger partial charge in [0, 0.05) is 6.61 Å². The lowest BCUT2D eigenvalue weighted by Gasteiger charge is -2.05. The van der Waals surface area contributed by atoms with Crippen LogP contribution in [0.2, 0.25) is 0 Å². The Morgan fingerprint density at radius 3 is 2.12 bits per heavy atom. The largest absolute Gasteiger partial charge is 0.397 e. The van der Waals surface area contributed by atoms with Crippen LogP contribution in [0, 0.1) is 0 Å². The topological polar surface area (TPSA) is 147 Å². The van der Waals surface area contributed by atoms with Crippen molar-refractivity contribution >= 4 is 21.8 Å². The number of nitrogens with two attached hydrogens (primary N) is 2. The van der Waals surface area contributed by atoms with Crippen LogP contribution >= 0.6 is 0 Å². The zero-order chi connectivity index (χ0) is 12.8. The number of anilines is 2. The first-order valence-electron chi connectivity index (χ1n) is 4.19. The van der Waals surface area contributed by atoms with Crippen molar-refractivity contribution in [1.29, 1.82) is 0 Å². The van der Waals surface area contributed by atoms with Crippen LogP contribution < -0.4 is 11.5 Å². The third kappa shape index (κ3) is 7.01. The third-order valence-electron chi connectivity index (χ3n) is 1.61. The average molecular weight is 250 g/mol. The Morgan fingerprint density at radius 2 is 1.69 bits per heavy atom. The number of aliphatic hydroxyl groups excluding tert-OH is 1. The van der Waals surface area contributed by atoms with Crippen molar-refractivity contribution < 1.29 is 22.6 Å². The monoisotopic (exact) mass is 250 g/mol. The van der Waals surface area contributed by atoms with E-state index in [9.17, 15) is 0 Å². The number of hydrogen-bond acceptors (Lipinski definition) is 5. The van der Waals surface area contributed by atoms with E-state index in [1.807, 2.05) is 12.1 Å². The molecule has 7 nitrogen and oxygen atoms in total. The van der Waals surface area contributed by atoms with Gasteiger partial charge in [-0.25, -0.2) is 0 Å². The molecular formula is C8H14N2O5S. The van der Waals surface area contributed by atoms with Gasteiger partial charge in [0.1, 0.15) is 0 Å². The second-order valence-corrected chi connectivity index (χ2v) is 3.74. The van der Waals surface area contributed by atoms with Gasteiger partial charge in [0.05, 0.1) is 11.4 Å². The Bertz CT molecular complexity index is 424. The first-order valence-corrected chi connectivity index (χ1v) is 5.59. The minimum absolute atomic E-state index is 0.105. The van der Waals surface area contributed by atoms with Crippen LogP contribution in [-0.4, -0.2) is 29.2 Å². The normalized spacial score (nSPS) is 10.4. The molecule has 0 atom stereocenters. The molecule has 0 amide bonds. The summed E-state index contributed by atoms with van der Waals surface area (Å²) in [6.07, 6.45) is 0.566. The molecule has 0 heterocycles. The van der Waals surface area contributed by atoms with Gasteiger partial charge in [-0.3, -0.25) is 9.11 Å². The van der Waals surface area contributed by atoms with E-state index < -0.39 is 10.4 Å². The molecule has 92 valence electrons. The Balaban J connectivity index is 0.000000385. The Morgan fingerprint density at radius 1 is 1.19 bits per heavy atom. The summed E-state index contributed by atoms with van der Waals surface area (Å²) in [6.45, 7) is 0.105. The molecule has 0 radical (unpaired) electrons. The minimum atomic E-state index is -4.67. The van der Waals surface area contributed by atoms with Crippen LogP contribution in [0.15, 0.2) is 18.2 Å². The number of para-hydroxylation sites is 1. The van der Waals surface area contributed by atoms with Crippen molar-refractivity contribution in [1.82, 2.24) is 0 Å². The highest BCUT2D eigenvalue weighted by atomic mass is 32.3. The highest BCUT2D eigenvalue weighted by molar-refractivity contribution is 7.79. The quantitative estimate of drug-likeness (QED) is 0.358. The molecule has 16 heavy (non-hydrogen) atoms. The standard InChI is InChI=1S/C8H12N2O.H2O4S/c9-7-3-1-2-6(4-5-11)8(7)10;1-5(2,3)4/h1-3,11H,4-5,9-10H2;(H2,1,2,3,4). The van der Waals surface area contributed by atoms with E-state index in [2.05, 4.69) is 0 Å². The number of aliphatic hydroxyl groups is 1. The number of nitrogen functional groups attached to an aromatic ring is 2. The molecule has 0 aliphatic carbocycles. The molecule has 1 aromatic rings. The first kappa shape index (κ1) is 14.6. The Labute approximate surface area is 93.3 Å². The molecule has 0 saturated heterocycles. The van der Waals surface area contributed by atoms with Crippen LogP contribution in [0.25, 0.3) is 0 Å². The molecule has 0 aliphatic rings. The van der Waals surface area contributed by atoms with E-state index >= 15 is 0 Å². The van der Waals surface area contributed by atoms with Gasteiger partial charge in [0.2, 0.25) is 0 Å². The SMILES string of the molecule is Nc1cccc(CCO)c1N.O=S(=O)(O)O. The van der Waals surface area contributed by atoms with Gasteiger partial charge in [-0.2, -0.15) is 8.42 Å². The zero-order valence-corrected chi connectivity index (χ0v) is 9.18. The van der Waals surface area contributed by atoms with E-state index in [4.69, 9.17) is 34.1 Å². The Kier molecular flexibility index (Phi) is 5.75. The fourth-order valence-corrected chi connectivity index (χ4v) is 0.971. The van der Waals surface area contributed by atoms with Gasteiger partial charge >= 0.3 is 10.4 Å².